The first-order valence-corrected chi connectivity index (χ1v) is 14.4. The first kappa shape index (κ1) is 29.2. The molecular weight excluding hydrogens is 563 g/mol. The average Bonchev–Trinajstić information content (AvgIpc) is 3.31. The minimum absolute atomic E-state index is 0.00642. The molecule has 0 saturated carbocycles. The number of hydrogen-bond donors (Lipinski definition) is 2. The molecule has 0 aliphatic rings. The summed E-state index contributed by atoms with van der Waals surface area (Å²) in [5.74, 6) is -3.32. The van der Waals surface area contributed by atoms with Crippen LogP contribution in [-0.2, 0) is 20.2 Å². The van der Waals surface area contributed by atoms with Gasteiger partial charge in [0, 0.05) is 30.1 Å². The van der Waals surface area contributed by atoms with E-state index in [1.54, 1.807) is 6.07 Å². The van der Waals surface area contributed by atoms with Crippen LogP contribution < -0.4 is 10.0 Å². The molecule has 0 aliphatic carbocycles. The zero-order valence-corrected chi connectivity index (χ0v) is 23.7. The van der Waals surface area contributed by atoms with Crippen LogP contribution in [0, 0.1) is 17.5 Å². The number of Topliss-reactive ketones (excluding diaryl/α,β-unsaturated/α-hetero) is 1. The number of nitrogens with zero attached hydrogens (tertiary/aromatic N) is 3. The molecule has 0 atom stereocenters. The van der Waals surface area contributed by atoms with Crippen LogP contribution in [0.4, 0.5) is 24.8 Å². The molecule has 2 aromatic carbocycles. The van der Waals surface area contributed by atoms with Gasteiger partial charge in [0.25, 0.3) is 10.0 Å². The predicted octanol–water partition coefficient (Wildman–Crippen LogP) is 6.17. The van der Waals surface area contributed by atoms with Gasteiger partial charge in [0.05, 0.1) is 27.0 Å². The lowest BCUT2D eigenvalue weighted by molar-refractivity contribution is -0.116. The molecule has 0 amide bonds. The molecule has 2 heterocycles. The van der Waals surface area contributed by atoms with Gasteiger partial charge in [-0.3, -0.25) is 9.52 Å². The molecule has 210 valence electrons. The van der Waals surface area contributed by atoms with Gasteiger partial charge < -0.3 is 5.32 Å². The Morgan fingerprint density at radius 1 is 1.00 bits per heavy atom. The Morgan fingerprint density at radius 3 is 2.33 bits per heavy atom. The lowest BCUT2D eigenvalue weighted by Gasteiger charge is -2.14. The standard InChI is InChI=1S/C27H26F3N5O3S2/c1-15(36)11-13-31-26-32-14-12-20(33-26)23-22(34-25(39-23)27(2,3)4)16-7-5-10-19(21(16)30)35-40(37,38)24-17(28)8-6-9-18(24)29/h5-10,12,14,35H,11,13H2,1-4H3,(H,31,32,33). The van der Waals surface area contributed by atoms with E-state index in [0.717, 1.165) is 24.3 Å². The number of ketones is 1. The van der Waals surface area contributed by atoms with Crippen LogP contribution in [0.15, 0.2) is 53.6 Å². The van der Waals surface area contributed by atoms with Crippen molar-refractivity contribution >= 4 is 38.8 Å². The molecule has 0 fully saturated rings. The predicted molar refractivity (Wildman–Crippen MR) is 148 cm³/mol. The topological polar surface area (TPSA) is 114 Å². The van der Waals surface area contributed by atoms with Crippen molar-refractivity contribution in [3.05, 3.63) is 71.1 Å². The maximum atomic E-state index is 15.9. The van der Waals surface area contributed by atoms with Crippen LogP contribution in [0.3, 0.4) is 0 Å². The minimum atomic E-state index is -4.81. The molecule has 40 heavy (non-hydrogen) atoms. The van der Waals surface area contributed by atoms with Crippen molar-refractivity contribution in [3.8, 4) is 21.8 Å². The van der Waals surface area contributed by atoms with E-state index in [0.29, 0.717) is 22.1 Å². The van der Waals surface area contributed by atoms with Crippen molar-refractivity contribution < 1.29 is 26.4 Å². The third-order valence-corrected chi connectivity index (χ3v) is 8.52. The summed E-state index contributed by atoms with van der Waals surface area (Å²) in [7, 11) is -4.81. The molecule has 0 unspecified atom stereocenters. The van der Waals surface area contributed by atoms with Gasteiger partial charge in [-0.15, -0.1) is 11.3 Å². The second kappa shape index (κ2) is 11.3. The number of benzene rings is 2. The summed E-state index contributed by atoms with van der Waals surface area (Å²) >= 11 is 1.29. The highest BCUT2D eigenvalue weighted by molar-refractivity contribution is 7.92. The third kappa shape index (κ3) is 6.31. The smallest absolute Gasteiger partial charge is 0.267 e. The maximum absolute atomic E-state index is 15.9. The van der Waals surface area contributed by atoms with Crippen molar-refractivity contribution in [2.24, 2.45) is 0 Å². The van der Waals surface area contributed by atoms with E-state index >= 15 is 4.39 Å². The van der Waals surface area contributed by atoms with Crippen molar-refractivity contribution in [3.63, 3.8) is 0 Å². The highest BCUT2D eigenvalue weighted by Crippen LogP contribution is 2.42. The van der Waals surface area contributed by atoms with E-state index in [9.17, 15) is 22.0 Å². The van der Waals surface area contributed by atoms with Crippen LogP contribution in [-0.4, -0.2) is 35.7 Å². The normalized spacial score (nSPS) is 11.9. The first-order valence-electron chi connectivity index (χ1n) is 12.1. The van der Waals surface area contributed by atoms with Crippen LogP contribution >= 0.6 is 11.3 Å². The van der Waals surface area contributed by atoms with E-state index in [-0.39, 0.29) is 29.4 Å². The van der Waals surface area contributed by atoms with Gasteiger partial charge in [0.1, 0.15) is 17.4 Å². The van der Waals surface area contributed by atoms with E-state index in [1.807, 2.05) is 25.5 Å². The average molecular weight is 590 g/mol. The molecule has 4 rings (SSSR count). The molecule has 0 radical (unpaired) electrons. The molecular formula is C27H26F3N5O3S2. The fourth-order valence-corrected chi connectivity index (χ4v) is 5.95. The summed E-state index contributed by atoms with van der Waals surface area (Å²) < 4.78 is 71.9. The lowest BCUT2D eigenvalue weighted by Crippen LogP contribution is -2.17. The molecule has 2 N–H and O–H groups in total. The van der Waals surface area contributed by atoms with Gasteiger partial charge in [0.15, 0.2) is 10.7 Å². The largest absolute Gasteiger partial charge is 0.354 e. The summed E-state index contributed by atoms with van der Waals surface area (Å²) in [5, 5.41) is 3.65. The van der Waals surface area contributed by atoms with Crippen molar-refractivity contribution in [1.29, 1.82) is 0 Å². The van der Waals surface area contributed by atoms with Gasteiger partial charge >= 0.3 is 0 Å². The number of nitrogens with one attached hydrogen (secondary N) is 2. The first-order chi connectivity index (χ1) is 18.8. The van der Waals surface area contributed by atoms with Crippen LogP contribution in [0.2, 0.25) is 0 Å². The molecule has 8 nitrogen and oxygen atoms in total. The monoisotopic (exact) mass is 589 g/mol. The highest BCUT2D eigenvalue weighted by atomic mass is 32.2. The second-order valence-corrected chi connectivity index (χ2v) is 12.5. The second-order valence-electron chi connectivity index (χ2n) is 9.91. The minimum Gasteiger partial charge on any atom is -0.354 e. The third-order valence-electron chi connectivity index (χ3n) is 5.60. The van der Waals surface area contributed by atoms with Crippen LogP contribution in [0.1, 0.15) is 39.1 Å². The number of aromatic nitrogens is 3. The summed E-state index contributed by atoms with van der Waals surface area (Å²) in [4.78, 5) is 23.9. The van der Waals surface area contributed by atoms with E-state index in [1.165, 1.54) is 36.6 Å². The fourth-order valence-electron chi connectivity index (χ4n) is 3.65. The Labute approximate surface area is 233 Å². The van der Waals surface area contributed by atoms with E-state index in [4.69, 9.17) is 0 Å². The fraction of sp³-hybridized carbons (Fsp3) is 0.259. The SMILES string of the molecule is CC(=O)CCNc1nccc(-c2sc(C(C)(C)C)nc2-c2cccc(NS(=O)(=O)c3c(F)cccc3F)c2F)n1. The van der Waals surface area contributed by atoms with Crippen molar-refractivity contribution in [2.75, 3.05) is 16.6 Å². The zero-order chi connectivity index (χ0) is 29.2. The quantitative estimate of drug-likeness (QED) is 0.240. The molecule has 0 saturated heterocycles. The van der Waals surface area contributed by atoms with Gasteiger partial charge in [-0.05, 0) is 37.3 Å². The van der Waals surface area contributed by atoms with Crippen LogP contribution in [0.5, 0.6) is 0 Å². The van der Waals surface area contributed by atoms with Gasteiger partial charge in [0.2, 0.25) is 5.95 Å². The number of carbonyl (C=O) groups is 1. The molecule has 2 aromatic heterocycles. The summed E-state index contributed by atoms with van der Waals surface area (Å²) in [5.41, 5.74) is -0.321. The Hall–Kier alpha value is -3.84. The number of halogens is 3. The number of thiazole rings is 1. The lowest BCUT2D eigenvalue weighted by atomic mass is 9.98. The van der Waals surface area contributed by atoms with Gasteiger partial charge in [-0.1, -0.05) is 32.9 Å². The summed E-state index contributed by atoms with van der Waals surface area (Å²) in [6, 6.07) is 8.23. The number of rotatable bonds is 9. The Bertz CT molecular complexity index is 1660. The molecule has 0 spiro atoms. The Morgan fingerprint density at radius 2 is 1.68 bits per heavy atom. The molecule has 0 aliphatic heterocycles. The molecule has 4 aromatic rings. The van der Waals surface area contributed by atoms with E-state index in [2.05, 4.69) is 20.3 Å². The maximum Gasteiger partial charge on any atom is 0.267 e. The van der Waals surface area contributed by atoms with Crippen molar-refractivity contribution in [1.82, 2.24) is 15.0 Å². The molecule has 0 bridgehead atoms. The Balaban J connectivity index is 1.79. The molecule has 13 heteroatoms. The Kier molecular flexibility index (Phi) is 8.26. The van der Waals surface area contributed by atoms with Gasteiger partial charge in [-0.2, -0.15) is 0 Å². The number of anilines is 2. The highest BCUT2D eigenvalue weighted by Gasteiger charge is 2.28. The zero-order valence-electron chi connectivity index (χ0n) is 22.0. The summed E-state index contributed by atoms with van der Waals surface area (Å²) in [6.45, 7) is 7.64. The summed E-state index contributed by atoms with van der Waals surface area (Å²) in [6.07, 6.45) is 1.81. The van der Waals surface area contributed by atoms with Gasteiger partial charge in [-0.25, -0.2) is 36.5 Å². The number of hydrogen-bond acceptors (Lipinski definition) is 8. The van der Waals surface area contributed by atoms with E-state index < -0.39 is 43.5 Å². The van der Waals surface area contributed by atoms with Crippen LogP contribution in [0.25, 0.3) is 21.8 Å². The van der Waals surface area contributed by atoms with Crippen molar-refractivity contribution in [2.45, 2.75) is 44.4 Å². The number of carbonyl (C=O) groups excluding carboxylic acids is 1. The number of sulfonamides is 1.